The average molecular weight is 387 g/mol. The molecule has 26 heavy (non-hydrogen) atoms. The summed E-state index contributed by atoms with van der Waals surface area (Å²) in [6.07, 6.45) is 0. The van der Waals surface area contributed by atoms with Gasteiger partial charge in [0.25, 0.3) is 0 Å². The number of aromatic nitrogens is 3. The third-order valence-electron chi connectivity index (χ3n) is 4.46. The Morgan fingerprint density at radius 2 is 1.85 bits per heavy atom. The molecule has 4 nitrogen and oxygen atoms in total. The molecular weight excluding hydrogens is 360 g/mol. The summed E-state index contributed by atoms with van der Waals surface area (Å²) in [5.41, 5.74) is 3.87. The second kappa shape index (κ2) is 7.47. The fraction of sp³-hybridized carbons (Fsp3) is 0.400. The van der Waals surface area contributed by atoms with Crippen LogP contribution in [0.15, 0.2) is 41.1 Å². The van der Waals surface area contributed by atoms with Gasteiger partial charge in [-0.1, -0.05) is 45.0 Å². The van der Waals surface area contributed by atoms with E-state index in [1.807, 2.05) is 16.3 Å². The molecule has 0 saturated heterocycles. The monoisotopic (exact) mass is 386 g/mol. The van der Waals surface area contributed by atoms with E-state index in [2.05, 4.69) is 73.8 Å². The van der Waals surface area contributed by atoms with Crippen molar-refractivity contribution in [3.63, 3.8) is 0 Å². The van der Waals surface area contributed by atoms with Crippen molar-refractivity contribution < 1.29 is 0 Å². The number of benzene rings is 1. The van der Waals surface area contributed by atoms with E-state index in [1.54, 1.807) is 11.3 Å². The molecule has 0 N–H and O–H groups in total. The van der Waals surface area contributed by atoms with E-state index >= 15 is 0 Å². The molecule has 0 aliphatic rings. The summed E-state index contributed by atoms with van der Waals surface area (Å²) in [5.74, 6) is 0.902. The van der Waals surface area contributed by atoms with Crippen molar-refractivity contribution in [1.82, 2.24) is 19.2 Å². The maximum Gasteiger partial charge on any atom is 0.199 e. The molecule has 0 aliphatic heterocycles. The molecule has 1 aromatic carbocycles. The van der Waals surface area contributed by atoms with Gasteiger partial charge in [-0.2, -0.15) is 16.4 Å². The Morgan fingerprint density at radius 1 is 1.15 bits per heavy atom. The normalized spacial score (nSPS) is 12.1. The number of hydrogen-bond donors (Lipinski definition) is 0. The average Bonchev–Trinajstić information content (AvgIpc) is 3.18. The number of hydrogen-bond acceptors (Lipinski definition) is 4. The third kappa shape index (κ3) is 4.14. The van der Waals surface area contributed by atoms with E-state index < -0.39 is 0 Å². The minimum atomic E-state index is 0.146. The lowest BCUT2D eigenvalue weighted by Crippen LogP contribution is -2.22. The predicted molar refractivity (Wildman–Crippen MR) is 112 cm³/mol. The van der Waals surface area contributed by atoms with Crippen LogP contribution in [0, 0.1) is 4.77 Å². The molecule has 3 aromatic rings. The second-order valence-electron chi connectivity index (χ2n) is 7.78. The van der Waals surface area contributed by atoms with E-state index in [9.17, 15) is 0 Å². The predicted octanol–water partition coefficient (Wildman–Crippen LogP) is 5.07. The van der Waals surface area contributed by atoms with Gasteiger partial charge in [0.15, 0.2) is 10.6 Å². The number of nitrogens with zero attached hydrogens (tertiary/aromatic N) is 4. The molecule has 0 unspecified atom stereocenters. The molecule has 6 heteroatoms. The SMILES string of the molecule is CN(Cc1ccsc1)Cn1nc(-c2ccc(C(C)(C)C)cc2)n(C)c1=S. The molecule has 138 valence electrons. The molecule has 0 amide bonds. The van der Waals surface area contributed by atoms with E-state index in [-0.39, 0.29) is 5.41 Å². The van der Waals surface area contributed by atoms with Crippen LogP contribution in [0.1, 0.15) is 31.9 Å². The lowest BCUT2D eigenvalue weighted by atomic mass is 9.87. The van der Waals surface area contributed by atoms with Gasteiger partial charge in [0.1, 0.15) is 0 Å². The minimum absolute atomic E-state index is 0.146. The smallest absolute Gasteiger partial charge is 0.199 e. The summed E-state index contributed by atoms with van der Waals surface area (Å²) in [4.78, 5) is 2.22. The van der Waals surface area contributed by atoms with E-state index in [1.165, 1.54) is 11.1 Å². The lowest BCUT2D eigenvalue weighted by Gasteiger charge is -2.19. The van der Waals surface area contributed by atoms with Crippen molar-refractivity contribution in [2.75, 3.05) is 7.05 Å². The lowest BCUT2D eigenvalue weighted by molar-refractivity contribution is 0.244. The molecular formula is C20H26N4S2. The van der Waals surface area contributed by atoms with Gasteiger partial charge in [-0.15, -0.1) is 0 Å². The van der Waals surface area contributed by atoms with Gasteiger partial charge in [0, 0.05) is 19.2 Å². The summed E-state index contributed by atoms with van der Waals surface area (Å²) >= 11 is 7.33. The fourth-order valence-corrected chi connectivity index (χ4v) is 3.77. The van der Waals surface area contributed by atoms with Crippen LogP contribution < -0.4 is 0 Å². The molecule has 0 fully saturated rings. The molecule has 0 spiro atoms. The summed E-state index contributed by atoms with van der Waals surface area (Å²) < 4.78 is 4.62. The third-order valence-corrected chi connectivity index (χ3v) is 5.67. The molecule has 0 saturated carbocycles. The van der Waals surface area contributed by atoms with E-state index in [0.29, 0.717) is 6.67 Å². The minimum Gasteiger partial charge on any atom is -0.303 e. The molecule has 3 rings (SSSR count). The molecule has 2 aromatic heterocycles. The van der Waals surface area contributed by atoms with Crippen LogP contribution in [0.4, 0.5) is 0 Å². The van der Waals surface area contributed by atoms with Crippen LogP contribution in [0.3, 0.4) is 0 Å². The molecule has 0 aliphatic carbocycles. The standard InChI is InChI=1S/C20H26N4S2/c1-20(2,3)17-8-6-16(7-9-17)18-21-24(19(25)23(18)5)14-22(4)12-15-10-11-26-13-15/h6-11,13H,12,14H2,1-5H3. The van der Waals surface area contributed by atoms with Crippen LogP contribution in [0.25, 0.3) is 11.4 Å². The van der Waals surface area contributed by atoms with E-state index in [4.69, 9.17) is 17.3 Å². The van der Waals surface area contributed by atoms with Crippen molar-refractivity contribution in [3.05, 3.63) is 57.0 Å². The van der Waals surface area contributed by atoms with Crippen LogP contribution in [-0.2, 0) is 25.7 Å². The zero-order valence-electron chi connectivity index (χ0n) is 16.1. The molecule has 0 radical (unpaired) electrons. The highest BCUT2D eigenvalue weighted by Crippen LogP contribution is 2.25. The molecule has 2 heterocycles. The van der Waals surface area contributed by atoms with Crippen LogP contribution in [0.5, 0.6) is 0 Å². The van der Waals surface area contributed by atoms with Crippen molar-refractivity contribution in [2.45, 2.75) is 39.4 Å². The van der Waals surface area contributed by atoms with Crippen LogP contribution >= 0.6 is 23.6 Å². The van der Waals surface area contributed by atoms with Crippen LogP contribution in [-0.4, -0.2) is 26.3 Å². The second-order valence-corrected chi connectivity index (χ2v) is 8.92. The number of thiophene rings is 1. The Balaban J connectivity index is 1.82. The zero-order valence-corrected chi connectivity index (χ0v) is 17.7. The highest BCUT2D eigenvalue weighted by Gasteiger charge is 2.15. The van der Waals surface area contributed by atoms with Crippen molar-refractivity contribution in [2.24, 2.45) is 7.05 Å². The highest BCUT2D eigenvalue weighted by atomic mass is 32.1. The first-order valence-corrected chi connectivity index (χ1v) is 10.0. The van der Waals surface area contributed by atoms with Gasteiger partial charge < -0.3 is 4.57 Å². The first kappa shape index (κ1) is 19.0. The van der Waals surface area contributed by atoms with Gasteiger partial charge in [-0.25, -0.2) is 4.68 Å². The van der Waals surface area contributed by atoms with Crippen molar-refractivity contribution in [1.29, 1.82) is 0 Å². The number of rotatable bonds is 5. The summed E-state index contributed by atoms with van der Waals surface area (Å²) in [6, 6.07) is 10.8. The maximum atomic E-state index is 5.60. The molecule has 0 bridgehead atoms. The summed E-state index contributed by atoms with van der Waals surface area (Å²) in [7, 11) is 4.07. The van der Waals surface area contributed by atoms with Crippen molar-refractivity contribution in [3.8, 4) is 11.4 Å². The largest absolute Gasteiger partial charge is 0.303 e. The quantitative estimate of drug-likeness (QED) is 0.573. The Hall–Kier alpha value is -1.76. The topological polar surface area (TPSA) is 26.0 Å². The Kier molecular flexibility index (Phi) is 5.46. The Morgan fingerprint density at radius 3 is 2.42 bits per heavy atom. The Bertz CT molecular complexity index is 912. The van der Waals surface area contributed by atoms with Gasteiger partial charge in [0.2, 0.25) is 0 Å². The van der Waals surface area contributed by atoms with Gasteiger partial charge in [0.05, 0.1) is 6.67 Å². The van der Waals surface area contributed by atoms with Gasteiger partial charge >= 0.3 is 0 Å². The first-order chi connectivity index (χ1) is 12.3. The van der Waals surface area contributed by atoms with Gasteiger partial charge in [-0.05, 0) is 52.6 Å². The van der Waals surface area contributed by atoms with Crippen molar-refractivity contribution >= 4 is 23.6 Å². The molecule has 0 atom stereocenters. The Labute approximate surface area is 164 Å². The summed E-state index contributed by atoms with van der Waals surface area (Å²) in [6.45, 7) is 8.23. The fourth-order valence-electron chi connectivity index (χ4n) is 2.92. The van der Waals surface area contributed by atoms with E-state index in [0.717, 1.165) is 22.7 Å². The summed E-state index contributed by atoms with van der Waals surface area (Å²) in [5, 5.41) is 9.06. The van der Waals surface area contributed by atoms with Crippen LogP contribution in [0.2, 0.25) is 0 Å². The maximum absolute atomic E-state index is 5.60. The first-order valence-electron chi connectivity index (χ1n) is 8.70. The van der Waals surface area contributed by atoms with Gasteiger partial charge in [-0.3, -0.25) is 4.90 Å². The highest BCUT2D eigenvalue weighted by molar-refractivity contribution is 7.71. The zero-order chi connectivity index (χ0) is 18.9.